The molecule has 0 aliphatic heterocycles. The van der Waals surface area contributed by atoms with E-state index in [4.69, 9.17) is 9.47 Å². The van der Waals surface area contributed by atoms with Gasteiger partial charge in [-0.1, -0.05) is 15.9 Å². The lowest BCUT2D eigenvalue weighted by Crippen LogP contribution is -2.24. The molecule has 9 heteroatoms. The minimum absolute atomic E-state index is 0.0684. The predicted octanol–water partition coefficient (Wildman–Crippen LogP) is 3.16. The smallest absolute Gasteiger partial charge is 0.277 e. The van der Waals surface area contributed by atoms with Gasteiger partial charge in [0.1, 0.15) is 11.5 Å². The summed E-state index contributed by atoms with van der Waals surface area (Å²) < 4.78 is 12.1. The van der Waals surface area contributed by atoms with Crippen LogP contribution < -0.4 is 14.9 Å². The molecule has 2 aromatic carbocycles. The summed E-state index contributed by atoms with van der Waals surface area (Å²) in [5, 5.41) is 22.5. The van der Waals surface area contributed by atoms with Crippen LogP contribution in [0.2, 0.25) is 0 Å². The van der Waals surface area contributed by atoms with Crippen LogP contribution in [0.3, 0.4) is 0 Å². The molecule has 1 amide bonds. The van der Waals surface area contributed by atoms with Gasteiger partial charge in [0, 0.05) is 16.1 Å². The normalized spacial score (nSPS) is 10.7. The van der Waals surface area contributed by atoms with E-state index in [2.05, 4.69) is 42.4 Å². The van der Waals surface area contributed by atoms with Crippen molar-refractivity contribution in [3.63, 3.8) is 0 Å². The monoisotopic (exact) mass is 472 g/mol. The summed E-state index contributed by atoms with van der Waals surface area (Å²) in [6.07, 6.45) is 1.25. The van der Waals surface area contributed by atoms with Gasteiger partial charge >= 0.3 is 0 Å². The zero-order chi connectivity index (χ0) is 18.4. The lowest BCUT2D eigenvalue weighted by Gasteiger charge is -2.12. The van der Waals surface area contributed by atoms with Crippen molar-refractivity contribution in [2.24, 2.45) is 5.10 Å². The number of hydrazone groups is 1. The molecule has 2 rings (SSSR count). The number of aromatic hydroxyl groups is 2. The van der Waals surface area contributed by atoms with E-state index in [0.717, 1.165) is 4.47 Å². The first-order valence-corrected chi connectivity index (χ1v) is 8.49. The summed E-state index contributed by atoms with van der Waals surface area (Å²) in [6.45, 7) is -0.282. The Bertz CT molecular complexity index is 811. The number of amides is 1. The highest BCUT2D eigenvalue weighted by atomic mass is 79.9. The van der Waals surface area contributed by atoms with Crippen molar-refractivity contribution in [2.75, 3.05) is 13.7 Å². The molecule has 0 bridgehead atoms. The molecule has 7 nitrogen and oxygen atoms in total. The first kappa shape index (κ1) is 19.1. The van der Waals surface area contributed by atoms with E-state index in [9.17, 15) is 15.0 Å². The zero-order valence-electron chi connectivity index (χ0n) is 13.0. The third-order valence-electron chi connectivity index (χ3n) is 2.95. The van der Waals surface area contributed by atoms with Crippen LogP contribution in [-0.2, 0) is 4.79 Å². The number of nitrogens with zero attached hydrogens (tertiary/aromatic N) is 1. The number of hydrogen-bond acceptors (Lipinski definition) is 6. The SMILES string of the molecule is COc1cc(Br)cc(Br)c1OCC(=O)NN=Cc1ccc(O)cc1O. The Kier molecular flexibility index (Phi) is 6.65. The van der Waals surface area contributed by atoms with Crippen LogP contribution in [0.15, 0.2) is 44.4 Å². The van der Waals surface area contributed by atoms with Crippen LogP contribution in [-0.4, -0.2) is 36.1 Å². The number of halogens is 2. The highest BCUT2D eigenvalue weighted by Crippen LogP contribution is 2.38. The fourth-order valence-electron chi connectivity index (χ4n) is 1.81. The number of phenols is 2. The van der Waals surface area contributed by atoms with Crippen molar-refractivity contribution in [1.82, 2.24) is 5.43 Å². The molecule has 132 valence electrons. The second-order valence-corrected chi connectivity index (χ2v) is 6.51. The molecule has 0 spiro atoms. The highest BCUT2D eigenvalue weighted by Gasteiger charge is 2.12. The maximum absolute atomic E-state index is 11.8. The van der Waals surface area contributed by atoms with Gasteiger partial charge < -0.3 is 19.7 Å². The summed E-state index contributed by atoms with van der Waals surface area (Å²) >= 11 is 6.68. The fourth-order valence-corrected chi connectivity index (χ4v) is 3.11. The van der Waals surface area contributed by atoms with Crippen molar-refractivity contribution >= 4 is 44.0 Å². The molecule has 0 fully saturated rings. The number of methoxy groups -OCH3 is 1. The average molecular weight is 474 g/mol. The molecule has 0 saturated carbocycles. The van der Waals surface area contributed by atoms with Crippen molar-refractivity contribution in [2.45, 2.75) is 0 Å². The number of phenolic OH excluding ortho intramolecular Hbond substituents is 2. The van der Waals surface area contributed by atoms with E-state index in [1.807, 2.05) is 0 Å². The van der Waals surface area contributed by atoms with Crippen LogP contribution in [0.5, 0.6) is 23.0 Å². The number of rotatable bonds is 6. The van der Waals surface area contributed by atoms with E-state index in [1.165, 1.54) is 31.5 Å². The second-order valence-electron chi connectivity index (χ2n) is 4.74. The van der Waals surface area contributed by atoms with Gasteiger partial charge in [0.2, 0.25) is 0 Å². The van der Waals surface area contributed by atoms with Crippen LogP contribution in [0.4, 0.5) is 0 Å². The minimum atomic E-state index is -0.494. The Morgan fingerprint density at radius 3 is 2.72 bits per heavy atom. The number of nitrogens with one attached hydrogen (secondary N) is 1. The summed E-state index contributed by atoms with van der Waals surface area (Å²) in [7, 11) is 1.50. The molecule has 3 N–H and O–H groups in total. The Hall–Kier alpha value is -2.26. The molecular formula is C16H14Br2N2O5. The minimum Gasteiger partial charge on any atom is -0.508 e. The molecule has 0 heterocycles. The first-order chi connectivity index (χ1) is 11.9. The maximum atomic E-state index is 11.8. The Morgan fingerprint density at radius 1 is 1.28 bits per heavy atom. The van der Waals surface area contributed by atoms with Gasteiger partial charge in [-0.15, -0.1) is 0 Å². The molecule has 0 radical (unpaired) electrons. The van der Waals surface area contributed by atoms with E-state index in [0.29, 0.717) is 21.5 Å². The van der Waals surface area contributed by atoms with Crippen LogP contribution in [0.1, 0.15) is 5.56 Å². The van der Waals surface area contributed by atoms with E-state index in [1.54, 1.807) is 12.1 Å². The van der Waals surface area contributed by atoms with Crippen molar-refractivity contribution < 1.29 is 24.5 Å². The summed E-state index contributed by atoms with van der Waals surface area (Å²) in [6, 6.07) is 7.50. The number of hydrogen-bond donors (Lipinski definition) is 3. The van der Waals surface area contributed by atoms with E-state index < -0.39 is 5.91 Å². The first-order valence-electron chi connectivity index (χ1n) is 6.90. The molecule has 0 atom stereocenters. The number of carbonyl (C=O) groups excluding carboxylic acids is 1. The van der Waals surface area contributed by atoms with Gasteiger partial charge in [0.25, 0.3) is 5.91 Å². The zero-order valence-corrected chi connectivity index (χ0v) is 16.2. The molecule has 25 heavy (non-hydrogen) atoms. The molecule has 0 saturated heterocycles. The van der Waals surface area contributed by atoms with Gasteiger partial charge in [-0.25, -0.2) is 5.43 Å². The standard InChI is InChI=1S/C16H14Br2N2O5/c1-24-14-5-10(17)4-12(18)16(14)25-8-15(23)20-19-7-9-2-3-11(21)6-13(9)22/h2-7,21-22H,8H2,1H3,(H,20,23). The molecule has 0 unspecified atom stereocenters. The quantitative estimate of drug-likeness (QED) is 0.442. The van der Waals surface area contributed by atoms with Crippen molar-refractivity contribution in [3.05, 3.63) is 44.8 Å². The maximum Gasteiger partial charge on any atom is 0.277 e. The van der Waals surface area contributed by atoms with Gasteiger partial charge in [0.05, 0.1) is 17.8 Å². The summed E-state index contributed by atoms with van der Waals surface area (Å²) in [5.74, 6) is 0.137. The van der Waals surface area contributed by atoms with E-state index >= 15 is 0 Å². The van der Waals surface area contributed by atoms with Crippen LogP contribution >= 0.6 is 31.9 Å². The highest BCUT2D eigenvalue weighted by molar-refractivity contribution is 9.11. The molecular weight excluding hydrogens is 460 g/mol. The van der Waals surface area contributed by atoms with E-state index in [-0.39, 0.29) is 18.1 Å². The number of carbonyl (C=O) groups is 1. The number of benzene rings is 2. The Labute approximate surface area is 160 Å². The van der Waals surface area contributed by atoms with Crippen molar-refractivity contribution in [3.8, 4) is 23.0 Å². The summed E-state index contributed by atoms with van der Waals surface area (Å²) in [4.78, 5) is 11.8. The molecule has 0 aliphatic carbocycles. The average Bonchev–Trinajstić information content (AvgIpc) is 2.55. The molecule has 0 aromatic heterocycles. The summed E-state index contributed by atoms with van der Waals surface area (Å²) in [5.41, 5.74) is 2.62. The van der Waals surface area contributed by atoms with Gasteiger partial charge in [0.15, 0.2) is 18.1 Å². The van der Waals surface area contributed by atoms with Gasteiger partial charge in [-0.05, 0) is 40.2 Å². The lowest BCUT2D eigenvalue weighted by molar-refractivity contribution is -0.123. The Morgan fingerprint density at radius 2 is 2.04 bits per heavy atom. The molecule has 2 aromatic rings. The number of ether oxygens (including phenoxy) is 2. The topological polar surface area (TPSA) is 100 Å². The molecule has 0 aliphatic rings. The lowest BCUT2D eigenvalue weighted by atomic mass is 10.2. The predicted molar refractivity (Wildman–Crippen MR) is 99.4 cm³/mol. The van der Waals surface area contributed by atoms with Crippen LogP contribution in [0.25, 0.3) is 0 Å². The van der Waals surface area contributed by atoms with Crippen molar-refractivity contribution in [1.29, 1.82) is 0 Å². The fraction of sp³-hybridized carbons (Fsp3) is 0.125. The second kappa shape index (κ2) is 8.72. The largest absolute Gasteiger partial charge is 0.508 e. The van der Waals surface area contributed by atoms with Gasteiger partial charge in [-0.3, -0.25) is 4.79 Å². The van der Waals surface area contributed by atoms with Gasteiger partial charge in [-0.2, -0.15) is 5.10 Å². The third-order valence-corrected chi connectivity index (χ3v) is 4.00. The van der Waals surface area contributed by atoms with Crippen LogP contribution in [0, 0.1) is 0 Å². The Balaban J connectivity index is 1.94. The third kappa shape index (κ3) is 5.36.